The molecule has 7 heteroatoms. The molecular formula is C5H10BrN5O. The summed E-state index contributed by atoms with van der Waals surface area (Å²) < 4.78 is 7.01. The topological polar surface area (TPSA) is 78.0 Å². The summed E-state index contributed by atoms with van der Waals surface area (Å²) in [6.07, 6.45) is 0. The molecule has 1 aromatic rings. The van der Waals surface area contributed by atoms with Gasteiger partial charge >= 0.3 is 0 Å². The van der Waals surface area contributed by atoms with Crippen LogP contribution in [0.15, 0.2) is 4.73 Å². The predicted molar refractivity (Wildman–Crippen MR) is 47.4 cm³/mol. The lowest BCUT2D eigenvalue weighted by Crippen LogP contribution is -2.15. The van der Waals surface area contributed by atoms with Crippen LogP contribution in [0, 0.1) is 0 Å². The first kappa shape index (κ1) is 9.43. The molecule has 0 aliphatic heterocycles. The van der Waals surface area contributed by atoms with Crippen molar-refractivity contribution in [2.75, 3.05) is 19.1 Å². The van der Waals surface area contributed by atoms with Gasteiger partial charge in [-0.2, -0.15) is 4.98 Å². The standard InChI is InChI=1S/C5H10BrN5O/c1-12-3-2-11-5(9-7)8-4(6)10-11/h2-3,7H2,1H3,(H,8,9,10). The number of rotatable bonds is 4. The Morgan fingerprint density at radius 3 is 3.08 bits per heavy atom. The van der Waals surface area contributed by atoms with Crippen LogP contribution in [0.25, 0.3) is 0 Å². The summed E-state index contributed by atoms with van der Waals surface area (Å²) in [6.45, 7) is 1.19. The third-order valence-electron chi connectivity index (χ3n) is 1.28. The molecule has 68 valence electrons. The van der Waals surface area contributed by atoms with Gasteiger partial charge in [0.25, 0.3) is 0 Å². The summed E-state index contributed by atoms with van der Waals surface area (Å²) in [4.78, 5) is 3.96. The van der Waals surface area contributed by atoms with Gasteiger partial charge in [0.2, 0.25) is 10.7 Å². The molecule has 0 fully saturated rings. The first-order valence-corrected chi connectivity index (χ1v) is 4.13. The lowest BCUT2D eigenvalue weighted by molar-refractivity contribution is 0.184. The third-order valence-corrected chi connectivity index (χ3v) is 1.62. The van der Waals surface area contributed by atoms with Crippen molar-refractivity contribution in [2.45, 2.75) is 6.54 Å². The summed E-state index contributed by atoms with van der Waals surface area (Å²) in [7, 11) is 1.63. The summed E-state index contributed by atoms with van der Waals surface area (Å²) in [5.41, 5.74) is 2.43. The molecule has 3 N–H and O–H groups in total. The molecular weight excluding hydrogens is 226 g/mol. The van der Waals surface area contributed by atoms with Gasteiger partial charge < -0.3 is 4.74 Å². The second kappa shape index (κ2) is 4.39. The minimum absolute atomic E-state index is 0.506. The predicted octanol–water partition coefficient (Wildman–Crippen LogP) is -0.0274. The first-order chi connectivity index (χ1) is 5.77. The van der Waals surface area contributed by atoms with Crippen molar-refractivity contribution in [2.24, 2.45) is 5.84 Å². The van der Waals surface area contributed by atoms with Gasteiger partial charge in [-0.25, -0.2) is 10.5 Å². The van der Waals surface area contributed by atoms with Crippen LogP contribution >= 0.6 is 15.9 Å². The number of hydrogen-bond donors (Lipinski definition) is 2. The van der Waals surface area contributed by atoms with Crippen molar-refractivity contribution in [1.82, 2.24) is 14.8 Å². The van der Waals surface area contributed by atoms with Gasteiger partial charge in [0.15, 0.2) is 0 Å². The van der Waals surface area contributed by atoms with Crippen LogP contribution in [0.1, 0.15) is 0 Å². The van der Waals surface area contributed by atoms with Gasteiger partial charge in [0.1, 0.15) is 0 Å². The Morgan fingerprint density at radius 2 is 2.50 bits per heavy atom. The Bertz CT molecular complexity index is 250. The minimum atomic E-state index is 0.506. The smallest absolute Gasteiger partial charge is 0.236 e. The maximum Gasteiger partial charge on any atom is 0.236 e. The summed E-state index contributed by atoms with van der Waals surface area (Å²) >= 11 is 3.14. The molecule has 0 amide bonds. The van der Waals surface area contributed by atoms with Gasteiger partial charge in [0.05, 0.1) is 13.2 Å². The molecule has 0 aromatic carbocycles. The number of halogens is 1. The highest BCUT2D eigenvalue weighted by Crippen LogP contribution is 2.07. The van der Waals surface area contributed by atoms with Crippen molar-refractivity contribution in [1.29, 1.82) is 0 Å². The van der Waals surface area contributed by atoms with E-state index in [1.165, 1.54) is 0 Å². The largest absolute Gasteiger partial charge is 0.383 e. The Morgan fingerprint density at radius 1 is 1.75 bits per heavy atom. The van der Waals surface area contributed by atoms with Gasteiger partial charge in [0, 0.05) is 7.11 Å². The Hall–Kier alpha value is -0.660. The molecule has 0 spiro atoms. The highest BCUT2D eigenvalue weighted by Gasteiger charge is 2.04. The van der Waals surface area contributed by atoms with Crippen molar-refractivity contribution in [3.63, 3.8) is 0 Å². The fourth-order valence-corrected chi connectivity index (χ4v) is 1.11. The highest BCUT2D eigenvalue weighted by atomic mass is 79.9. The van der Waals surface area contributed by atoms with Crippen molar-refractivity contribution in [3.8, 4) is 0 Å². The van der Waals surface area contributed by atoms with Crippen LogP contribution in [0.5, 0.6) is 0 Å². The molecule has 0 atom stereocenters. The lowest BCUT2D eigenvalue weighted by Gasteiger charge is -2.02. The van der Waals surface area contributed by atoms with E-state index >= 15 is 0 Å². The maximum absolute atomic E-state index is 5.20. The number of aromatic nitrogens is 3. The second-order valence-electron chi connectivity index (χ2n) is 2.06. The third kappa shape index (κ3) is 2.16. The average molecular weight is 236 g/mol. The molecule has 0 bridgehead atoms. The molecule has 0 saturated heterocycles. The first-order valence-electron chi connectivity index (χ1n) is 3.34. The fourth-order valence-electron chi connectivity index (χ4n) is 0.755. The van der Waals surface area contributed by atoms with E-state index in [0.717, 1.165) is 0 Å². The molecule has 0 saturated carbocycles. The number of ether oxygens (including phenoxy) is 1. The van der Waals surface area contributed by atoms with Gasteiger partial charge in [-0.05, 0) is 15.9 Å². The van der Waals surface area contributed by atoms with E-state index in [2.05, 4.69) is 31.4 Å². The van der Waals surface area contributed by atoms with Crippen molar-refractivity contribution in [3.05, 3.63) is 4.73 Å². The normalized spacial score (nSPS) is 10.2. The summed E-state index contributed by atoms with van der Waals surface area (Å²) in [5, 5.41) is 4.02. The van der Waals surface area contributed by atoms with E-state index in [4.69, 9.17) is 10.6 Å². The number of hydrazine groups is 1. The Balaban J connectivity index is 2.68. The summed E-state index contributed by atoms with van der Waals surface area (Å²) in [5.74, 6) is 5.71. The number of hydrogen-bond acceptors (Lipinski definition) is 5. The second-order valence-corrected chi connectivity index (χ2v) is 2.77. The Kier molecular flexibility index (Phi) is 3.45. The van der Waals surface area contributed by atoms with E-state index < -0.39 is 0 Å². The quantitative estimate of drug-likeness (QED) is 0.567. The zero-order chi connectivity index (χ0) is 8.97. The fraction of sp³-hybridized carbons (Fsp3) is 0.600. The minimum Gasteiger partial charge on any atom is -0.383 e. The van der Waals surface area contributed by atoms with E-state index in [1.54, 1.807) is 11.8 Å². The molecule has 1 heterocycles. The number of anilines is 1. The van der Waals surface area contributed by atoms with E-state index in [-0.39, 0.29) is 0 Å². The van der Waals surface area contributed by atoms with Crippen LogP contribution in [0.3, 0.4) is 0 Å². The van der Waals surface area contributed by atoms with Gasteiger partial charge in [-0.1, -0.05) is 0 Å². The van der Waals surface area contributed by atoms with Crippen LogP contribution in [0.2, 0.25) is 0 Å². The van der Waals surface area contributed by atoms with Crippen LogP contribution in [-0.4, -0.2) is 28.5 Å². The summed E-state index contributed by atoms with van der Waals surface area (Å²) in [6, 6.07) is 0. The molecule has 1 rings (SSSR count). The number of nitrogens with two attached hydrogens (primary N) is 1. The molecule has 6 nitrogen and oxygen atoms in total. The number of nitrogens with one attached hydrogen (secondary N) is 1. The van der Waals surface area contributed by atoms with Crippen LogP contribution in [-0.2, 0) is 11.3 Å². The zero-order valence-corrected chi connectivity index (χ0v) is 8.21. The number of methoxy groups -OCH3 is 1. The number of nitrogen functional groups attached to an aromatic ring is 1. The molecule has 0 radical (unpaired) electrons. The van der Waals surface area contributed by atoms with E-state index in [0.29, 0.717) is 23.8 Å². The molecule has 1 aromatic heterocycles. The lowest BCUT2D eigenvalue weighted by atomic mass is 10.7. The van der Waals surface area contributed by atoms with E-state index in [1.807, 2.05) is 0 Å². The van der Waals surface area contributed by atoms with Crippen LogP contribution in [0.4, 0.5) is 5.95 Å². The van der Waals surface area contributed by atoms with Crippen molar-refractivity contribution < 1.29 is 4.74 Å². The molecule has 0 aliphatic carbocycles. The molecule has 0 aliphatic rings. The van der Waals surface area contributed by atoms with E-state index in [9.17, 15) is 0 Å². The zero-order valence-electron chi connectivity index (χ0n) is 6.62. The number of nitrogens with zero attached hydrogens (tertiary/aromatic N) is 3. The molecule has 12 heavy (non-hydrogen) atoms. The van der Waals surface area contributed by atoms with Crippen molar-refractivity contribution >= 4 is 21.9 Å². The monoisotopic (exact) mass is 235 g/mol. The van der Waals surface area contributed by atoms with Gasteiger partial charge in [-0.3, -0.25) is 5.43 Å². The average Bonchev–Trinajstić information content (AvgIpc) is 2.42. The Labute approximate surface area is 78.2 Å². The molecule has 0 unspecified atom stereocenters. The maximum atomic E-state index is 5.20. The highest BCUT2D eigenvalue weighted by molar-refractivity contribution is 9.10. The van der Waals surface area contributed by atoms with Crippen LogP contribution < -0.4 is 11.3 Å². The van der Waals surface area contributed by atoms with Gasteiger partial charge in [-0.15, -0.1) is 5.10 Å². The SMILES string of the molecule is COCCn1nc(Br)nc1NN.